The number of nitrogens with zero attached hydrogens (tertiary/aromatic N) is 1. The standard InChI is InChI=1S/C13H28N2/c1-5-12-9-7-8-10-15(12)11-13(3,4)14-6-2/h12,14H,5-11H2,1-4H3. The van der Waals surface area contributed by atoms with E-state index in [2.05, 4.69) is 37.9 Å². The van der Waals surface area contributed by atoms with Crippen LogP contribution in [0, 0.1) is 0 Å². The minimum atomic E-state index is 0.263. The largest absolute Gasteiger partial charge is 0.311 e. The molecule has 1 rings (SSSR count). The van der Waals surface area contributed by atoms with Crippen molar-refractivity contribution in [2.75, 3.05) is 19.6 Å². The Morgan fingerprint density at radius 3 is 2.60 bits per heavy atom. The molecule has 0 aromatic carbocycles. The Morgan fingerprint density at radius 1 is 1.27 bits per heavy atom. The van der Waals surface area contributed by atoms with Gasteiger partial charge in [0.25, 0.3) is 0 Å². The Labute approximate surface area is 95.4 Å². The van der Waals surface area contributed by atoms with Crippen LogP contribution in [-0.4, -0.2) is 36.1 Å². The van der Waals surface area contributed by atoms with Gasteiger partial charge in [0, 0.05) is 18.1 Å². The zero-order valence-electron chi connectivity index (χ0n) is 11.0. The van der Waals surface area contributed by atoms with Crippen molar-refractivity contribution in [3.05, 3.63) is 0 Å². The molecule has 90 valence electrons. The number of likely N-dealkylation sites (N-methyl/N-ethyl adjacent to an activating group) is 1. The van der Waals surface area contributed by atoms with Gasteiger partial charge in [0.2, 0.25) is 0 Å². The highest BCUT2D eigenvalue weighted by Crippen LogP contribution is 2.21. The number of rotatable bonds is 5. The molecule has 1 aliphatic heterocycles. The first-order valence-corrected chi connectivity index (χ1v) is 6.58. The Bertz CT molecular complexity index is 177. The van der Waals surface area contributed by atoms with Crippen LogP contribution in [0.25, 0.3) is 0 Å². The molecule has 1 heterocycles. The average Bonchev–Trinajstić information content (AvgIpc) is 2.17. The highest BCUT2D eigenvalue weighted by atomic mass is 15.2. The molecule has 0 saturated carbocycles. The zero-order valence-corrected chi connectivity index (χ0v) is 11.0. The van der Waals surface area contributed by atoms with Crippen LogP contribution in [0.15, 0.2) is 0 Å². The van der Waals surface area contributed by atoms with Crippen molar-refractivity contribution < 1.29 is 0 Å². The molecule has 2 nitrogen and oxygen atoms in total. The molecule has 2 heteroatoms. The second-order valence-corrected chi connectivity index (χ2v) is 5.44. The predicted molar refractivity (Wildman–Crippen MR) is 67.3 cm³/mol. The fraction of sp³-hybridized carbons (Fsp3) is 1.00. The van der Waals surface area contributed by atoms with Gasteiger partial charge in [-0.2, -0.15) is 0 Å². The van der Waals surface area contributed by atoms with Crippen molar-refractivity contribution in [2.45, 2.75) is 65.0 Å². The maximum absolute atomic E-state index is 3.57. The van der Waals surface area contributed by atoms with Crippen LogP contribution in [-0.2, 0) is 0 Å². The molecule has 0 spiro atoms. The van der Waals surface area contributed by atoms with Crippen LogP contribution >= 0.6 is 0 Å². The Balaban J connectivity index is 2.46. The van der Waals surface area contributed by atoms with Crippen molar-refractivity contribution in [3.63, 3.8) is 0 Å². The van der Waals surface area contributed by atoms with Gasteiger partial charge >= 0.3 is 0 Å². The van der Waals surface area contributed by atoms with Crippen molar-refractivity contribution in [1.82, 2.24) is 10.2 Å². The molecular weight excluding hydrogens is 184 g/mol. The van der Waals surface area contributed by atoms with E-state index in [4.69, 9.17) is 0 Å². The van der Waals surface area contributed by atoms with Gasteiger partial charge in [-0.15, -0.1) is 0 Å². The third-order valence-corrected chi connectivity index (χ3v) is 3.47. The van der Waals surface area contributed by atoms with E-state index in [1.54, 1.807) is 0 Å². The smallest absolute Gasteiger partial charge is 0.0252 e. The summed E-state index contributed by atoms with van der Waals surface area (Å²) >= 11 is 0. The normalized spacial score (nSPS) is 24.4. The molecular formula is C13H28N2. The Morgan fingerprint density at radius 2 is 2.00 bits per heavy atom. The van der Waals surface area contributed by atoms with Crippen LogP contribution in [0.1, 0.15) is 53.4 Å². The molecule has 0 aliphatic carbocycles. The first-order valence-electron chi connectivity index (χ1n) is 6.58. The van der Waals surface area contributed by atoms with Crippen LogP contribution in [0.5, 0.6) is 0 Å². The third kappa shape index (κ3) is 4.12. The van der Waals surface area contributed by atoms with Crippen molar-refractivity contribution in [3.8, 4) is 0 Å². The van der Waals surface area contributed by atoms with E-state index >= 15 is 0 Å². The first kappa shape index (κ1) is 13.0. The molecule has 1 aliphatic rings. The van der Waals surface area contributed by atoms with E-state index in [1.807, 2.05) is 0 Å². The van der Waals surface area contributed by atoms with E-state index in [-0.39, 0.29) is 5.54 Å². The summed E-state index contributed by atoms with van der Waals surface area (Å²) in [7, 11) is 0. The first-order chi connectivity index (χ1) is 7.09. The second kappa shape index (κ2) is 5.86. The van der Waals surface area contributed by atoms with E-state index in [1.165, 1.54) is 38.8 Å². The lowest BCUT2D eigenvalue weighted by molar-refractivity contribution is 0.109. The second-order valence-electron chi connectivity index (χ2n) is 5.44. The van der Waals surface area contributed by atoms with Crippen LogP contribution in [0.4, 0.5) is 0 Å². The molecule has 1 saturated heterocycles. The Hall–Kier alpha value is -0.0800. The molecule has 0 aromatic heterocycles. The van der Waals surface area contributed by atoms with Gasteiger partial charge in [-0.3, -0.25) is 4.90 Å². The number of piperidine rings is 1. The number of nitrogens with one attached hydrogen (secondary N) is 1. The lowest BCUT2D eigenvalue weighted by atomic mass is 9.96. The monoisotopic (exact) mass is 212 g/mol. The minimum absolute atomic E-state index is 0.263. The minimum Gasteiger partial charge on any atom is -0.311 e. The quantitative estimate of drug-likeness (QED) is 0.753. The van der Waals surface area contributed by atoms with Crippen LogP contribution in [0.2, 0.25) is 0 Å². The summed E-state index contributed by atoms with van der Waals surface area (Å²) in [5.74, 6) is 0. The maximum Gasteiger partial charge on any atom is 0.0252 e. The summed E-state index contributed by atoms with van der Waals surface area (Å²) < 4.78 is 0. The molecule has 1 N–H and O–H groups in total. The fourth-order valence-corrected chi connectivity index (χ4v) is 2.77. The van der Waals surface area contributed by atoms with Gasteiger partial charge in [0.05, 0.1) is 0 Å². The SMILES string of the molecule is CCNC(C)(C)CN1CCCCC1CC. The number of likely N-dealkylation sites (tertiary alicyclic amines) is 1. The van der Waals surface area contributed by atoms with Gasteiger partial charge in [-0.1, -0.05) is 20.3 Å². The molecule has 0 aromatic rings. The lowest BCUT2D eigenvalue weighted by Gasteiger charge is -2.40. The molecule has 0 radical (unpaired) electrons. The summed E-state index contributed by atoms with van der Waals surface area (Å²) in [5, 5.41) is 3.57. The van der Waals surface area contributed by atoms with Crippen molar-refractivity contribution in [1.29, 1.82) is 0 Å². The van der Waals surface area contributed by atoms with Crippen LogP contribution in [0.3, 0.4) is 0 Å². The average molecular weight is 212 g/mol. The topological polar surface area (TPSA) is 15.3 Å². The van der Waals surface area contributed by atoms with E-state index in [9.17, 15) is 0 Å². The van der Waals surface area contributed by atoms with E-state index in [0.29, 0.717) is 0 Å². The summed E-state index contributed by atoms with van der Waals surface area (Å²) in [6, 6.07) is 0.830. The van der Waals surface area contributed by atoms with Crippen molar-refractivity contribution >= 4 is 0 Å². The van der Waals surface area contributed by atoms with Gasteiger partial charge in [0.1, 0.15) is 0 Å². The molecule has 0 amide bonds. The highest BCUT2D eigenvalue weighted by molar-refractivity contribution is 4.86. The van der Waals surface area contributed by atoms with Crippen molar-refractivity contribution in [2.24, 2.45) is 0 Å². The summed E-state index contributed by atoms with van der Waals surface area (Å²) in [5.41, 5.74) is 0.263. The fourth-order valence-electron chi connectivity index (χ4n) is 2.77. The molecule has 1 unspecified atom stereocenters. The molecule has 15 heavy (non-hydrogen) atoms. The van der Waals surface area contributed by atoms with Gasteiger partial charge in [0.15, 0.2) is 0 Å². The molecule has 1 atom stereocenters. The molecule has 1 fully saturated rings. The van der Waals surface area contributed by atoms with Gasteiger partial charge < -0.3 is 5.32 Å². The predicted octanol–water partition coefficient (Wildman–Crippen LogP) is 2.64. The molecule has 0 bridgehead atoms. The Kier molecular flexibility index (Phi) is 5.07. The van der Waals surface area contributed by atoms with Gasteiger partial charge in [-0.05, 0) is 46.2 Å². The maximum atomic E-state index is 3.57. The summed E-state index contributed by atoms with van der Waals surface area (Å²) in [4.78, 5) is 2.69. The van der Waals surface area contributed by atoms with E-state index < -0.39 is 0 Å². The van der Waals surface area contributed by atoms with E-state index in [0.717, 1.165) is 12.6 Å². The summed E-state index contributed by atoms with van der Waals surface area (Å²) in [6.07, 6.45) is 5.52. The van der Waals surface area contributed by atoms with Crippen LogP contribution < -0.4 is 5.32 Å². The zero-order chi connectivity index (χ0) is 11.3. The summed E-state index contributed by atoms with van der Waals surface area (Å²) in [6.45, 7) is 12.7. The highest BCUT2D eigenvalue weighted by Gasteiger charge is 2.26. The number of hydrogen-bond donors (Lipinski definition) is 1. The lowest BCUT2D eigenvalue weighted by Crippen LogP contribution is -2.53. The number of hydrogen-bond acceptors (Lipinski definition) is 2. The van der Waals surface area contributed by atoms with Gasteiger partial charge in [-0.25, -0.2) is 0 Å². The third-order valence-electron chi connectivity index (χ3n) is 3.47.